The van der Waals surface area contributed by atoms with Crippen LogP contribution in [0.15, 0.2) is 36.4 Å². The summed E-state index contributed by atoms with van der Waals surface area (Å²) in [7, 11) is 0. The molecule has 2 aromatic rings. The van der Waals surface area contributed by atoms with Crippen LogP contribution in [0, 0.1) is 6.92 Å². The molecule has 1 aliphatic rings. The van der Waals surface area contributed by atoms with Crippen LogP contribution in [0.25, 0.3) is 0 Å². The normalized spacial score (nSPS) is 12.5. The third-order valence-corrected chi connectivity index (χ3v) is 4.00. The topological polar surface area (TPSA) is 96.5 Å². The number of carbonyl (C=O) groups excluding carboxylic acids is 3. The Kier molecular flexibility index (Phi) is 5.09. The highest BCUT2D eigenvalue weighted by molar-refractivity contribution is 6.33. The highest BCUT2D eigenvalue weighted by atomic mass is 35.5. The molecule has 0 bridgehead atoms. The van der Waals surface area contributed by atoms with Gasteiger partial charge in [-0.25, -0.2) is 0 Å². The minimum Gasteiger partial charge on any atom is -0.482 e. The van der Waals surface area contributed by atoms with Gasteiger partial charge in [-0.1, -0.05) is 17.7 Å². The Balaban J connectivity index is 1.58. The lowest BCUT2D eigenvalue weighted by molar-refractivity contribution is -0.118. The molecule has 3 N–H and O–H groups in total. The molecule has 0 radical (unpaired) electrons. The molecule has 8 heteroatoms. The molecule has 0 unspecified atom stereocenters. The fourth-order valence-corrected chi connectivity index (χ4v) is 2.68. The molecule has 0 atom stereocenters. The standard InChI is InChI=1S/C18H16ClN3O4/c1-10-2-4-13(12(19)6-10)21-16(23)8-20-18(25)11-3-5-14-15(7-11)26-9-17(24)22-14/h2-7H,8-9H2,1H3,(H,20,25)(H,21,23)(H,22,24). The molecule has 2 aromatic carbocycles. The molecule has 7 nitrogen and oxygen atoms in total. The number of ether oxygens (including phenoxy) is 1. The second-order valence-electron chi connectivity index (χ2n) is 5.76. The first-order valence-electron chi connectivity index (χ1n) is 7.83. The molecule has 3 amide bonds. The van der Waals surface area contributed by atoms with Crippen molar-refractivity contribution in [3.8, 4) is 5.75 Å². The molecular weight excluding hydrogens is 358 g/mol. The monoisotopic (exact) mass is 373 g/mol. The molecule has 0 spiro atoms. The van der Waals surface area contributed by atoms with Crippen molar-refractivity contribution in [2.75, 3.05) is 23.8 Å². The largest absolute Gasteiger partial charge is 0.482 e. The number of fused-ring (bicyclic) bond motifs is 1. The molecule has 0 saturated heterocycles. The zero-order chi connectivity index (χ0) is 18.7. The third kappa shape index (κ3) is 4.12. The van der Waals surface area contributed by atoms with Crippen LogP contribution in [-0.4, -0.2) is 30.9 Å². The smallest absolute Gasteiger partial charge is 0.262 e. The number of hydrogen-bond acceptors (Lipinski definition) is 4. The molecule has 1 aliphatic heterocycles. The van der Waals surface area contributed by atoms with E-state index in [1.807, 2.05) is 13.0 Å². The molecule has 0 fully saturated rings. The predicted octanol–water partition coefficient (Wildman–Crippen LogP) is 2.35. The molecule has 26 heavy (non-hydrogen) atoms. The first kappa shape index (κ1) is 17.8. The average molecular weight is 374 g/mol. The van der Waals surface area contributed by atoms with Crippen LogP contribution in [0.4, 0.5) is 11.4 Å². The van der Waals surface area contributed by atoms with Crippen molar-refractivity contribution in [1.29, 1.82) is 0 Å². The summed E-state index contributed by atoms with van der Waals surface area (Å²) in [5, 5.41) is 8.24. The summed E-state index contributed by atoms with van der Waals surface area (Å²) in [6.45, 7) is 1.58. The fourth-order valence-electron chi connectivity index (χ4n) is 2.39. The van der Waals surface area contributed by atoms with Crippen LogP contribution in [0.3, 0.4) is 0 Å². The highest BCUT2D eigenvalue weighted by Gasteiger charge is 2.18. The van der Waals surface area contributed by atoms with Gasteiger partial charge in [0.2, 0.25) is 5.91 Å². The number of nitrogens with one attached hydrogen (secondary N) is 3. The van der Waals surface area contributed by atoms with E-state index in [1.54, 1.807) is 18.2 Å². The number of rotatable bonds is 4. The summed E-state index contributed by atoms with van der Waals surface area (Å²) in [5.41, 5.74) is 2.28. The van der Waals surface area contributed by atoms with Crippen LogP contribution in [-0.2, 0) is 9.59 Å². The average Bonchev–Trinajstić information content (AvgIpc) is 2.61. The summed E-state index contributed by atoms with van der Waals surface area (Å²) < 4.78 is 5.27. The van der Waals surface area contributed by atoms with Crippen molar-refractivity contribution >= 4 is 40.7 Å². The number of amides is 3. The maximum Gasteiger partial charge on any atom is 0.262 e. The Bertz CT molecular complexity index is 898. The van der Waals surface area contributed by atoms with Gasteiger partial charge >= 0.3 is 0 Å². The Morgan fingerprint density at radius 1 is 1.23 bits per heavy atom. The Morgan fingerprint density at radius 2 is 2.04 bits per heavy atom. The lowest BCUT2D eigenvalue weighted by atomic mass is 10.1. The Labute approximate surface area is 154 Å². The number of carbonyl (C=O) groups is 3. The van der Waals surface area contributed by atoms with E-state index in [9.17, 15) is 14.4 Å². The SMILES string of the molecule is Cc1ccc(NC(=O)CNC(=O)c2ccc3c(c2)OCC(=O)N3)c(Cl)c1. The van der Waals surface area contributed by atoms with Crippen molar-refractivity contribution < 1.29 is 19.1 Å². The predicted molar refractivity (Wildman–Crippen MR) is 97.7 cm³/mol. The molecule has 0 saturated carbocycles. The van der Waals surface area contributed by atoms with E-state index in [0.29, 0.717) is 27.7 Å². The second kappa shape index (κ2) is 7.45. The molecule has 3 rings (SSSR count). The summed E-state index contributed by atoms with van der Waals surface area (Å²) in [5.74, 6) is -0.668. The number of hydrogen-bond donors (Lipinski definition) is 3. The van der Waals surface area contributed by atoms with Gasteiger partial charge in [0.1, 0.15) is 5.75 Å². The fraction of sp³-hybridized carbons (Fsp3) is 0.167. The minimum absolute atomic E-state index is 0.0994. The third-order valence-electron chi connectivity index (χ3n) is 3.68. The zero-order valence-corrected chi connectivity index (χ0v) is 14.6. The van der Waals surface area contributed by atoms with Crippen molar-refractivity contribution in [1.82, 2.24) is 5.32 Å². The lowest BCUT2D eigenvalue weighted by Gasteiger charge is -2.18. The van der Waals surface area contributed by atoms with Gasteiger partial charge in [-0.15, -0.1) is 0 Å². The number of anilines is 2. The number of halogens is 1. The number of aryl methyl sites for hydroxylation is 1. The van der Waals surface area contributed by atoms with Gasteiger partial charge in [-0.05, 0) is 42.8 Å². The quantitative estimate of drug-likeness (QED) is 0.766. The first-order valence-corrected chi connectivity index (χ1v) is 8.21. The van der Waals surface area contributed by atoms with Gasteiger partial charge < -0.3 is 20.7 Å². The van der Waals surface area contributed by atoms with Crippen molar-refractivity contribution in [3.63, 3.8) is 0 Å². The van der Waals surface area contributed by atoms with Crippen LogP contribution in [0.2, 0.25) is 5.02 Å². The second-order valence-corrected chi connectivity index (χ2v) is 6.17. The van der Waals surface area contributed by atoms with Gasteiger partial charge in [0.25, 0.3) is 11.8 Å². The van der Waals surface area contributed by atoms with E-state index in [1.165, 1.54) is 12.1 Å². The van der Waals surface area contributed by atoms with Gasteiger partial charge in [0, 0.05) is 5.56 Å². The van der Waals surface area contributed by atoms with E-state index in [0.717, 1.165) is 5.56 Å². The zero-order valence-electron chi connectivity index (χ0n) is 13.9. The van der Waals surface area contributed by atoms with Gasteiger partial charge in [-0.3, -0.25) is 14.4 Å². The van der Waals surface area contributed by atoms with Gasteiger partial charge in [-0.2, -0.15) is 0 Å². The van der Waals surface area contributed by atoms with Crippen LogP contribution in [0.5, 0.6) is 5.75 Å². The maximum atomic E-state index is 12.2. The molecule has 1 heterocycles. The molecule has 134 valence electrons. The van der Waals surface area contributed by atoms with Crippen molar-refractivity contribution in [3.05, 3.63) is 52.5 Å². The van der Waals surface area contributed by atoms with Crippen molar-refractivity contribution in [2.24, 2.45) is 0 Å². The van der Waals surface area contributed by atoms with Crippen LogP contribution >= 0.6 is 11.6 Å². The summed E-state index contributed by atoms with van der Waals surface area (Å²) >= 11 is 6.06. The van der Waals surface area contributed by atoms with E-state index >= 15 is 0 Å². The van der Waals surface area contributed by atoms with E-state index in [4.69, 9.17) is 16.3 Å². The molecule has 0 aliphatic carbocycles. The summed E-state index contributed by atoms with van der Waals surface area (Å²) in [6.07, 6.45) is 0. The Morgan fingerprint density at radius 3 is 2.81 bits per heavy atom. The molecular formula is C18H16ClN3O4. The van der Waals surface area contributed by atoms with Crippen LogP contribution < -0.4 is 20.7 Å². The maximum absolute atomic E-state index is 12.2. The Hall–Kier alpha value is -3.06. The van der Waals surface area contributed by atoms with E-state index in [2.05, 4.69) is 16.0 Å². The minimum atomic E-state index is -0.432. The van der Waals surface area contributed by atoms with Gasteiger partial charge in [0.15, 0.2) is 6.61 Å². The summed E-state index contributed by atoms with van der Waals surface area (Å²) in [6, 6.07) is 9.89. The van der Waals surface area contributed by atoms with Crippen molar-refractivity contribution in [2.45, 2.75) is 6.92 Å². The lowest BCUT2D eigenvalue weighted by Crippen LogP contribution is -2.33. The van der Waals surface area contributed by atoms with Crippen LogP contribution in [0.1, 0.15) is 15.9 Å². The molecule has 0 aromatic heterocycles. The van der Waals surface area contributed by atoms with E-state index in [-0.39, 0.29) is 19.1 Å². The van der Waals surface area contributed by atoms with Gasteiger partial charge in [0.05, 0.1) is 22.9 Å². The highest BCUT2D eigenvalue weighted by Crippen LogP contribution is 2.28. The van der Waals surface area contributed by atoms with E-state index < -0.39 is 11.8 Å². The summed E-state index contributed by atoms with van der Waals surface area (Å²) in [4.78, 5) is 35.4. The first-order chi connectivity index (χ1) is 12.4. The number of benzene rings is 2.